The van der Waals surface area contributed by atoms with Crippen molar-refractivity contribution in [3.8, 4) is 17.2 Å². The van der Waals surface area contributed by atoms with Crippen molar-refractivity contribution in [3.05, 3.63) is 89.5 Å². The number of halogens is 1. The van der Waals surface area contributed by atoms with Gasteiger partial charge in [0.2, 0.25) is 0 Å². The van der Waals surface area contributed by atoms with Crippen LogP contribution in [0.3, 0.4) is 0 Å². The van der Waals surface area contributed by atoms with E-state index in [9.17, 15) is 8.42 Å². The van der Waals surface area contributed by atoms with Crippen LogP contribution in [0.25, 0.3) is 0 Å². The molecule has 0 saturated carbocycles. The van der Waals surface area contributed by atoms with Gasteiger partial charge in [0.25, 0.3) is 10.1 Å². The molecule has 0 amide bonds. The first-order valence-electron chi connectivity index (χ1n) is 19.9. The number of aromatic hydroxyl groups is 1. The molecule has 14 nitrogen and oxygen atoms in total. The van der Waals surface area contributed by atoms with Crippen LogP contribution in [-0.4, -0.2) is 127 Å². The van der Waals surface area contributed by atoms with E-state index in [2.05, 4.69) is 15.9 Å². The molecule has 0 fully saturated rings. The molecule has 3 aromatic rings. The Bertz CT molecular complexity index is 1460. The third-order valence-electron chi connectivity index (χ3n) is 7.29. The highest BCUT2D eigenvalue weighted by molar-refractivity contribution is 9.09. The summed E-state index contributed by atoms with van der Waals surface area (Å²) >= 11 is 3.27. The van der Waals surface area contributed by atoms with Gasteiger partial charge < -0.3 is 53.2 Å². The average Bonchev–Trinajstić information content (AvgIpc) is 3.22. The summed E-state index contributed by atoms with van der Waals surface area (Å²) in [6, 6.07) is 21.9. The minimum atomic E-state index is -3.38. The van der Waals surface area contributed by atoms with Crippen LogP contribution in [0.15, 0.2) is 72.8 Å². The van der Waals surface area contributed by atoms with E-state index in [1.54, 1.807) is 24.3 Å². The topological polar surface area (TPSA) is 178 Å². The predicted octanol–water partition coefficient (Wildman–Crippen LogP) is 6.69. The highest BCUT2D eigenvalue weighted by Gasteiger charge is 2.10. The second kappa shape index (κ2) is 36.9. The zero-order valence-corrected chi connectivity index (χ0v) is 38.3. The zero-order chi connectivity index (χ0) is 44.2. The first kappa shape index (κ1) is 56.1. The smallest absolute Gasteiger partial charge is 0.264 e. The van der Waals surface area contributed by atoms with E-state index in [4.69, 9.17) is 57.4 Å². The number of alkyl halides is 1. The second-order valence-electron chi connectivity index (χ2n) is 12.0. The van der Waals surface area contributed by atoms with Crippen LogP contribution >= 0.6 is 15.9 Å². The van der Waals surface area contributed by atoms with Crippen molar-refractivity contribution < 1.29 is 65.8 Å². The van der Waals surface area contributed by atoms with Crippen LogP contribution in [0.5, 0.6) is 17.2 Å². The molecule has 0 unspecified atom stereocenters. The SMILES string of the molecule is CCOC(CBr)OCC.CCOC(COc1ccc(CCO)cc1)OCC.CCOC(COc1ccc(CCOS(C)(=O)=O)cc1)OCC.OCCc1ccc(O)cc1. The van der Waals surface area contributed by atoms with Gasteiger partial charge in [-0.3, -0.25) is 4.18 Å². The van der Waals surface area contributed by atoms with E-state index in [1.807, 2.05) is 90.1 Å². The van der Waals surface area contributed by atoms with Gasteiger partial charge >= 0.3 is 0 Å². The van der Waals surface area contributed by atoms with Gasteiger partial charge in [0.05, 0.1) is 18.2 Å². The number of phenolic OH excluding ortho intramolecular Hbond substituents is 1. The number of phenols is 1. The molecule has 3 rings (SSSR count). The largest absolute Gasteiger partial charge is 0.508 e. The molecule has 0 aliphatic carbocycles. The molecule has 0 aromatic heterocycles. The second-order valence-corrected chi connectivity index (χ2v) is 14.3. The molecule has 3 N–H and O–H groups in total. The lowest BCUT2D eigenvalue weighted by molar-refractivity contribution is -0.152. The summed E-state index contributed by atoms with van der Waals surface area (Å²) in [7, 11) is -3.38. The summed E-state index contributed by atoms with van der Waals surface area (Å²) in [6.45, 7) is 16.4. The number of ether oxygens (including phenoxy) is 8. The van der Waals surface area contributed by atoms with E-state index < -0.39 is 10.1 Å². The van der Waals surface area contributed by atoms with Gasteiger partial charge in [-0.1, -0.05) is 52.3 Å². The van der Waals surface area contributed by atoms with Crippen molar-refractivity contribution >= 4 is 26.0 Å². The third-order valence-corrected chi connectivity index (χ3v) is 8.41. The molecule has 0 atom stereocenters. The average molecular weight is 922 g/mol. The molecule has 59 heavy (non-hydrogen) atoms. The normalized spacial score (nSPS) is 11.0. The van der Waals surface area contributed by atoms with Gasteiger partial charge in [-0.15, -0.1) is 0 Å². The maximum absolute atomic E-state index is 10.9. The van der Waals surface area contributed by atoms with Crippen molar-refractivity contribution in [2.24, 2.45) is 0 Å². The third kappa shape index (κ3) is 31.6. The van der Waals surface area contributed by atoms with Gasteiger partial charge in [0.1, 0.15) is 30.5 Å². The Morgan fingerprint density at radius 3 is 1.15 bits per heavy atom. The maximum Gasteiger partial charge on any atom is 0.264 e. The molecule has 0 radical (unpaired) electrons. The molecule has 0 heterocycles. The minimum absolute atomic E-state index is 0.0694. The molecule has 0 spiro atoms. The number of hydrogen-bond donors (Lipinski definition) is 3. The minimum Gasteiger partial charge on any atom is -0.508 e. The molecule has 3 aromatic carbocycles. The summed E-state index contributed by atoms with van der Waals surface area (Å²) in [5.74, 6) is 1.75. The molecule has 338 valence electrons. The van der Waals surface area contributed by atoms with E-state index in [0.29, 0.717) is 77.9 Å². The first-order chi connectivity index (χ1) is 28.4. The molecule has 16 heteroatoms. The summed E-state index contributed by atoms with van der Waals surface area (Å²) < 4.78 is 69.5. The van der Waals surface area contributed by atoms with Crippen LogP contribution < -0.4 is 9.47 Å². The summed E-state index contributed by atoms with van der Waals surface area (Å²) in [5.41, 5.74) is 3.11. The fourth-order valence-corrected chi connectivity index (χ4v) is 5.37. The number of aliphatic hydroxyl groups is 2. The fraction of sp³-hybridized carbons (Fsp3) is 0.581. The molecule has 0 aliphatic heterocycles. The van der Waals surface area contributed by atoms with Crippen molar-refractivity contribution in [3.63, 3.8) is 0 Å². The van der Waals surface area contributed by atoms with E-state index in [0.717, 1.165) is 34.0 Å². The lowest BCUT2D eigenvalue weighted by Crippen LogP contribution is -2.25. The molecule has 0 saturated heterocycles. The van der Waals surface area contributed by atoms with Crippen LogP contribution in [0, 0.1) is 0 Å². The van der Waals surface area contributed by atoms with Crippen LogP contribution in [-0.2, 0) is 62.0 Å². The fourth-order valence-electron chi connectivity index (χ4n) is 4.61. The van der Waals surface area contributed by atoms with Gasteiger partial charge in [-0.2, -0.15) is 8.42 Å². The van der Waals surface area contributed by atoms with Crippen molar-refractivity contribution in [1.29, 1.82) is 0 Å². The molecule has 0 aliphatic rings. The number of aliphatic hydroxyl groups excluding tert-OH is 2. The van der Waals surface area contributed by atoms with Crippen LogP contribution in [0.1, 0.15) is 58.2 Å². The summed E-state index contributed by atoms with van der Waals surface area (Å²) in [6.07, 6.45) is 2.11. The lowest BCUT2D eigenvalue weighted by atomic mass is 10.1. The highest BCUT2D eigenvalue weighted by Crippen LogP contribution is 2.15. The number of rotatable bonds is 27. The van der Waals surface area contributed by atoms with Crippen LogP contribution in [0.4, 0.5) is 0 Å². The van der Waals surface area contributed by atoms with E-state index in [1.165, 1.54) is 0 Å². The van der Waals surface area contributed by atoms with E-state index >= 15 is 0 Å². The van der Waals surface area contributed by atoms with Gasteiger partial charge in [-0.05, 0) is 114 Å². The van der Waals surface area contributed by atoms with E-state index in [-0.39, 0.29) is 44.4 Å². The van der Waals surface area contributed by atoms with Crippen molar-refractivity contribution in [1.82, 2.24) is 0 Å². The summed E-state index contributed by atoms with van der Waals surface area (Å²) in [5, 5.41) is 27.0. The Morgan fingerprint density at radius 2 is 0.847 bits per heavy atom. The van der Waals surface area contributed by atoms with Crippen molar-refractivity contribution in [2.45, 2.75) is 79.7 Å². The monoisotopic (exact) mass is 920 g/mol. The predicted molar refractivity (Wildman–Crippen MR) is 233 cm³/mol. The standard InChI is InChI=1S/C15H24O6S.C14H22O4.C8H10O2.C6H13BrO2/c1-4-18-15(19-5-2)12-20-14-8-6-13(7-9-14)10-11-21-22(3,16)17;1-3-16-14(17-4-2)11-18-13-7-5-12(6-8-13)9-10-15;9-6-5-7-1-3-8(10)4-2-7;1-3-8-6(5-7)9-4-2/h6-9,15H,4-5,10-12H2,1-3H3;5-8,14-15H,3-4,9-11H2,1-2H3;1-4,9-10H,5-6H2;6H,3-5H2,1-2H3. The molecular formula is C43H69BrO14S. The Kier molecular flexibility index (Phi) is 35.1. The Morgan fingerprint density at radius 1 is 0.525 bits per heavy atom. The first-order valence-corrected chi connectivity index (χ1v) is 22.9. The van der Waals surface area contributed by atoms with Gasteiger partial charge in [0.15, 0.2) is 18.9 Å². The number of benzene rings is 3. The number of hydrogen-bond acceptors (Lipinski definition) is 14. The zero-order valence-electron chi connectivity index (χ0n) is 35.9. The summed E-state index contributed by atoms with van der Waals surface area (Å²) in [4.78, 5) is 0. The van der Waals surface area contributed by atoms with Gasteiger partial charge in [0, 0.05) is 52.9 Å². The highest BCUT2D eigenvalue weighted by atomic mass is 79.9. The maximum atomic E-state index is 10.9. The van der Waals surface area contributed by atoms with Gasteiger partial charge in [-0.25, -0.2) is 0 Å². The van der Waals surface area contributed by atoms with Crippen molar-refractivity contribution in [2.75, 3.05) is 84.3 Å². The molecule has 0 bridgehead atoms. The molecular weight excluding hydrogens is 852 g/mol. The quantitative estimate of drug-likeness (QED) is 0.0419. The lowest BCUT2D eigenvalue weighted by Gasteiger charge is -2.17. The Hall–Kier alpha value is -2.87. The Labute approximate surface area is 361 Å². The van der Waals surface area contributed by atoms with Crippen LogP contribution in [0.2, 0.25) is 0 Å². The Balaban J connectivity index is 0.000000811.